The van der Waals surface area contributed by atoms with Crippen molar-refractivity contribution in [3.05, 3.63) is 185 Å². The van der Waals surface area contributed by atoms with Crippen LogP contribution < -0.4 is 25.0 Å². The molecular weight excluding hydrogens is 833 g/mol. The number of anilines is 3. The molecule has 6 aromatic rings. The Balaban J connectivity index is 1.19. The lowest BCUT2D eigenvalue weighted by molar-refractivity contribution is -0.177. The molecule has 3 saturated heterocycles. The fraction of sp³-hybridized carbons (Fsp3) is 0.241. The van der Waals surface area contributed by atoms with Gasteiger partial charge in [-0.05, 0) is 101 Å². The van der Waals surface area contributed by atoms with Gasteiger partial charge >= 0.3 is 5.97 Å². The number of carbonyl (C=O) groups is 3. The normalized spacial score (nSPS) is 23.2. The van der Waals surface area contributed by atoms with Gasteiger partial charge in [0.1, 0.15) is 35.7 Å². The van der Waals surface area contributed by atoms with E-state index in [1.165, 1.54) is 0 Å². The maximum atomic E-state index is 15.7. The quantitative estimate of drug-likeness (QED) is 0.0956. The van der Waals surface area contributed by atoms with Crippen LogP contribution in [-0.2, 0) is 29.3 Å². The lowest BCUT2D eigenvalue weighted by atomic mass is 9.65. The fourth-order valence-electron chi connectivity index (χ4n) is 10.2. The zero-order valence-electron chi connectivity index (χ0n) is 36.3. The summed E-state index contributed by atoms with van der Waals surface area (Å²) in [7, 11) is 1.61. The van der Waals surface area contributed by atoms with Crippen LogP contribution in [0.25, 0.3) is 0 Å². The number of esters is 1. The number of cyclic esters (lactones) is 1. The van der Waals surface area contributed by atoms with Crippen LogP contribution in [0, 0.1) is 17.8 Å². The Bertz CT molecular complexity index is 2810. The maximum absolute atomic E-state index is 15.7. The van der Waals surface area contributed by atoms with E-state index in [9.17, 15) is 5.11 Å². The zero-order valence-corrected chi connectivity index (χ0v) is 36.3. The minimum atomic E-state index is -1.75. The number of morpholine rings is 2. The van der Waals surface area contributed by atoms with Gasteiger partial charge in [0.05, 0.1) is 44.9 Å². The lowest BCUT2D eigenvalue weighted by Gasteiger charge is -2.46. The van der Waals surface area contributed by atoms with Crippen molar-refractivity contribution in [3.63, 3.8) is 0 Å². The molecule has 3 N–H and O–H groups in total. The number of carbonyl (C=O) groups excluding carboxylic acids is 3. The molecule has 0 saturated carbocycles. The highest BCUT2D eigenvalue weighted by Crippen LogP contribution is 2.65. The monoisotopic (exact) mass is 880 g/mol. The molecule has 0 radical (unpaired) electrons. The summed E-state index contributed by atoms with van der Waals surface area (Å²) in [5.41, 5.74) is 4.34. The van der Waals surface area contributed by atoms with Gasteiger partial charge in [0.15, 0.2) is 0 Å². The first-order chi connectivity index (χ1) is 32.4. The van der Waals surface area contributed by atoms with Crippen LogP contribution in [0.3, 0.4) is 0 Å². The Labute approximate surface area is 383 Å². The second-order valence-electron chi connectivity index (χ2n) is 16.7. The molecule has 1 spiro atoms. The van der Waals surface area contributed by atoms with Gasteiger partial charge in [-0.1, -0.05) is 84.6 Å². The molecular formula is C54H48N4O8. The minimum absolute atomic E-state index is 0.0373. The average molecular weight is 881 g/mol. The van der Waals surface area contributed by atoms with E-state index < -0.39 is 53.3 Å². The predicted octanol–water partition coefficient (Wildman–Crippen LogP) is 7.21. The summed E-state index contributed by atoms with van der Waals surface area (Å²) in [4.78, 5) is 50.9. The number of rotatable bonds is 10. The summed E-state index contributed by atoms with van der Waals surface area (Å²) >= 11 is 0. The third-order valence-corrected chi connectivity index (χ3v) is 13.1. The molecule has 0 unspecified atom stereocenters. The highest BCUT2D eigenvalue weighted by atomic mass is 16.6. The topological polar surface area (TPSA) is 139 Å². The van der Waals surface area contributed by atoms with E-state index in [1.807, 2.05) is 150 Å². The second kappa shape index (κ2) is 18.2. The number of fused-ring (bicyclic) bond motifs is 3. The van der Waals surface area contributed by atoms with Gasteiger partial charge in [-0.15, -0.1) is 0 Å². The van der Waals surface area contributed by atoms with E-state index in [2.05, 4.69) is 27.4 Å². The number of nitrogens with zero attached hydrogens (tertiary/aromatic N) is 2. The SMILES string of the molecule is COc1ccc(C#Cc2ccc3c(c2)[C@]2(C(=O)N3)[C@H](c3cccc(OCCO)c3)N3[C@H](c4ccccc4)[C@H](c4ccccc4)OC(=O)[C@H]3[C@@H]2C(=O)Nc2ccc(N3CCOCC3)cc2)cc1. The zero-order chi connectivity index (χ0) is 45.2. The van der Waals surface area contributed by atoms with Crippen LogP contribution in [0.5, 0.6) is 11.5 Å². The van der Waals surface area contributed by atoms with Gasteiger partial charge in [-0.25, -0.2) is 0 Å². The van der Waals surface area contributed by atoms with Gasteiger partial charge in [-0.2, -0.15) is 0 Å². The van der Waals surface area contributed by atoms with Crippen LogP contribution in [-0.4, -0.2) is 80.5 Å². The molecule has 0 aromatic heterocycles. The number of nitrogens with one attached hydrogen (secondary N) is 2. The van der Waals surface area contributed by atoms with E-state index >= 15 is 14.4 Å². The summed E-state index contributed by atoms with van der Waals surface area (Å²) < 4.78 is 23.5. The van der Waals surface area contributed by atoms with Gasteiger partial charge < -0.3 is 39.6 Å². The van der Waals surface area contributed by atoms with Crippen molar-refractivity contribution in [1.29, 1.82) is 0 Å². The first-order valence-corrected chi connectivity index (χ1v) is 22.1. The molecule has 12 heteroatoms. The first-order valence-electron chi connectivity index (χ1n) is 22.1. The number of benzene rings is 6. The van der Waals surface area contributed by atoms with E-state index in [-0.39, 0.29) is 13.2 Å². The average Bonchev–Trinajstić information content (AvgIpc) is 3.85. The van der Waals surface area contributed by atoms with Crippen molar-refractivity contribution in [2.45, 2.75) is 29.6 Å². The predicted molar refractivity (Wildman–Crippen MR) is 249 cm³/mol. The van der Waals surface area contributed by atoms with E-state index in [1.54, 1.807) is 13.2 Å². The third kappa shape index (κ3) is 7.71. The van der Waals surface area contributed by atoms with Crippen LogP contribution in [0.2, 0.25) is 0 Å². The fourth-order valence-corrected chi connectivity index (χ4v) is 10.2. The third-order valence-electron chi connectivity index (χ3n) is 13.1. The highest BCUT2D eigenvalue weighted by Gasteiger charge is 2.74. The molecule has 332 valence electrons. The molecule has 12 nitrogen and oxygen atoms in total. The van der Waals surface area contributed by atoms with Crippen molar-refractivity contribution in [1.82, 2.24) is 4.90 Å². The molecule has 6 atom stereocenters. The van der Waals surface area contributed by atoms with Crippen LogP contribution in [0.15, 0.2) is 152 Å². The Hall–Kier alpha value is -7.43. The van der Waals surface area contributed by atoms with E-state index in [0.717, 1.165) is 35.5 Å². The number of amides is 2. The Morgan fingerprint density at radius 1 is 0.773 bits per heavy atom. The molecule has 4 aliphatic heterocycles. The number of aliphatic hydroxyl groups is 1. The molecule has 10 rings (SSSR count). The molecule has 0 aliphatic carbocycles. The maximum Gasteiger partial charge on any atom is 0.324 e. The summed E-state index contributed by atoms with van der Waals surface area (Å²) in [6, 6.07) is 44.3. The van der Waals surface area contributed by atoms with Crippen LogP contribution in [0.1, 0.15) is 51.6 Å². The number of hydrogen-bond acceptors (Lipinski definition) is 10. The lowest BCUT2D eigenvalue weighted by Crippen LogP contribution is -2.53. The molecule has 2 amide bonds. The Kier molecular flexibility index (Phi) is 11.7. The minimum Gasteiger partial charge on any atom is -0.497 e. The van der Waals surface area contributed by atoms with Gasteiger partial charge in [0, 0.05) is 41.3 Å². The number of aliphatic hydroxyl groups excluding tert-OH is 1. The Morgan fingerprint density at radius 3 is 2.17 bits per heavy atom. The van der Waals surface area contributed by atoms with Crippen molar-refractivity contribution in [2.24, 2.45) is 5.92 Å². The molecule has 3 fully saturated rings. The Morgan fingerprint density at radius 2 is 1.45 bits per heavy atom. The molecule has 66 heavy (non-hydrogen) atoms. The van der Waals surface area contributed by atoms with E-state index in [0.29, 0.717) is 52.8 Å². The number of ether oxygens (including phenoxy) is 4. The smallest absolute Gasteiger partial charge is 0.324 e. The van der Waals surface area contributed by atoms with Crippen LogP contribution >= 0.6 is 0 Å². The largest absolute Gasteiger partial charge is 0.497 e. The van der Waals surface area contributed by atoms with Crippen molar-refractivity contribution < 1.29 is 38.4 Å². The van der Waals surface area contributed by atoms with Gasteiger partial charge in [0.25, 0.3) is 0 Å². The molecule has 0 bridgehead atoms. The molecule has 6 aromatic carbocycles. The number of hydrogen-bond donors (Lipinski definition) is 3. The summed E-state index contributed by atoms with van der Waals surface area (Å²) in [5.74, 6) is 4.75. The highest BCUT2D eigenvalue weighted by molar-refractivity contribution is 6.13. The van der Waals surface area contributed by atoms with Crippen LogP contribution in [0.4, 0.5) is 17.1 Å². The molecule has 4 aliphatic rings. The van der Waals surface area contributed by atoms with Gasteiger partial charge in [0.2, 0.25) is 11.8 Å². The first kappa shape index (κ1) is 42.5. The number of methoxy groups -OCH3 is 1. The summed E-state index contributed by atoms with van der Waals surface area (Å²) in [6.45, 7) is 2.57. The standard InChI is InChI=1S/C54H48N4O8/c1-63-42-24-17-35(18-25-42)15-16-36-19-26-45-44(33-36)54(53(62)56-45)46(51(60)55-40-20-22-41(23-21-40)57-27-30-64-31-28-57)48-52(61)66-49(38-11-6-3-7-12-38)47(37-9-4-2-5-10-37)58(48)50(54)39-13-8-14-43(34-39)65-32-29-59/h2-14,17-26,33-34,46-50,59H,27-32H2,1H3,(H,55,60)(H,56,62)/t46-,47-,48-,49+,50+,54-/m1/s1. The summed E-state index contributed by atoms with van der Waals surface area (Å²) in [5, 5.41) is 16.1. The van der Waals surface area contributed by atoms with E-state index in [4.69, 9.17) is 18.9 Å². The molecule has 4 heterocycles. The second-order valence-corrected chi connectivity index (χ2v) is 16.7. The van der Waals surface area contributed by atoms with Crippen molar-refractivity contribution in [2.75, 3.05) is 62.2 Å². The van der Waals surface area contributed by atoms with Crippen molar-refractivity contribution in [3.8, 4) is 23.3 Å². The van der Waals surface area contributed by atoms with Crippen molar-refractivity contribution >= 4 is 34.8 Å². The van der Waals surface area contributed by atoms with Gasteiger partial charge in [-0.3, -0.25) is 19.3 Å². The summed E-state index contributed by atoms with van der Waals surface area (Å²) in [6.07, 6.45) is -0.828.